The Morgan fingerprint density at radius 1 is 1.09 bits per heavy atom. The molecule has 9 heteroatoms. The highest BCUT2D eigenvalue weighted by Gasteiger charge is 2.16. The molecule has 0 fully saturated rings. The lowest BCUT2D eigenvalue weighted by Gasteiger charge is -2.15. The molecule has 176 valence electrons. The van der Waals surface area contributed by atoms with Gasteiger partial charge < -0.3 is 14.8 Å². The van der Waals surface area contributed by atoms with E-state index in [0.29, 0.717) is 5.69 Å². The number of hydrogen-bond acceptors (Lipinski definition) is 6. The van der Waals surface area contributed by atoms with Gasteiger partial charge in [0.2, 0.25) is 5.95 Å². The van der Waals surface area contributed by atoms with E-state index in [9.17, 15) is 14.4 Å². The third kappa shape index (κ3) is 4.63. The third-order valence-electron chi connectivity index (χ3n) is 5.77. The van der Waals surface area contributed by atoms with Crippen molar-refractivity contribution in [3.8, 4) is 0 Å². The van der Waals surface area contributed by atoms with Crippen LogP contribution in [-0.4, -0.2) is 25.2 Å². The highest BCUT2D eigenvalue weighted by molar-refractivity contribution is 5.86. The molecule has 2 aromatic carbocycles. The number of hydrogen-bond donors (Lipinski definition) is 2. The number of rotatable bonds is 8. The van der Waals surface area contributed by atoms with Crippen LogP contribution < -0.4 is 16.7 Å². The van der Waals surface area contributed by atoms with E-state index in [0.717, 1.165) is 44.4 Å². The van der Waals surface area contributed by atoms with Gasteiger partial charge in [-0.25, -0.2) is 14.2 Å². The van der Waals surface area contributed by atoms with Gasteiger partial charge in [0.05, 0.1) is 13.0 Å². The molecule has 0 unspecified atom stereocenters. The van der Waals surface area contributed by atoms with Crippen molar-refractivity contribution in [2.45, 2.75) is 46.7 Å². The van der Waals surface area contributed by atoms with E-state index in [1.807, 2.05) is 57.2 Å². The molecule has 0 aliphatic heterocycles. The van der Waals surface area contributed by atoms with Crippen molar-refractivity contribution >= 4 is 28.6 Å². The Morgan fingerprint density at radius 2 is 1.82 bits per heavy atom. The van der Waals surface area contributed by atoms with Crippen molar-refractivity contribution in [2.24, 2.45) is 0 Å². The summed E-state index contributed by atoms with van der Waals surface area (Å²) in [5.41, 5.74) is 2.93. The van der Waals surface area contributed by atoms with E-state index >= 15 is 0 Å². The molecule has 0 amide bonds. The van der Waals surface area contributed by atoms with E-state index in [4.69, 9.17) is 9.52 Å². The number of carbonyl (C=O) groups is 1. The van der Waals surface area contributed by atoms with Crippen LogP contribution in [-0.2, 0) is 24.3 Å². The maximum atomic E-state index is 13.2. The number of carboxylic acids is 1. The summed E-state index contributed by atoms with van der Waals surface area (Å²) < 4.78 is 8.06. The second-order valence-corrected chi connectivity index (χ2v) is 8.21. The Hall–Kier alpha value is -4.14. The minimum absolute atomic E-state index is 0.0818. The number of carboxylic acid groups (broad SMARTS) is 1. The summed E-state index contributed by atoms with van der Waals surface area (Å²) in [6, 6.07) is 13.2. The molecule has 34 heavy (non-hydrogen) atoms. The molecule has 2 heterocycles. The van der Waals surface area contributed by atoms with Gasteiger partial charge in [0, 0.05) is 24.0 Å². The van der Waals surface area contributed by atoms with E-state index in [1.165, 1.54) is 4.57 Å². The molecule has 0 radical (unpaired) electrons. The van der Waals surface area contributed by atoms with Crippen molar-refractivity contribution in [3.63, 3.8) is 0 Å². The number of aryl methyl sites for hydroxylation is 3. The average Bonchev–Trinajstić information content (AvgIpc) is 3.12. The molecule has 2 aromatic heterocycles. The smallest absolute Gasteiger partial charge is 0.354 e. The first-order valence-electron chi connectivity index (χ1n) is 11.0. The van der Waals surface area contributed by atoms with Gasteiger partial charge in [0.25, 0.3) is 0 Å². The average molecular weight is 463 g/mol. The molecule has 0 aliphatic rings. The number of anilines is 2. The van der Waals surface area contributed by atoms with Crippen LogP contribution in [0.3, 0.4) is 0 Å². The second-order valence-electron chi connectivity index (χ2n) is 8.21. The second kappa shape index (κ2) is 9.38. The van der Waals surface area contributed by atoms with Gasteiger partial charge in [-0.3, -0.25) is 9.36 Å². The largest absolute Gasteiger partial charge is 0.481 e. The van der Waals surface area contributed by atoms with Gasteiger partial charge in [-0.15, -0.1) is 0 Å². The standard InChI is InChI=1S/C25H26N4O5/c1-4-20-16(3)19-13-18(9-10-21(19)34-20)26-23-27-24(32)28(12-11-22(30)31)25(33)29(23)14-17-7-5-15(2)6-8-17/h5-10,13H,4,11-12,14H2,1-3H3,(H,30,31)(H,26,27,32). The molecule has 4 aromatic rings. The van der Waals surface area contributed by atoms with Crippen molar-refractivity contribution in [3.05, 3.63) is 85.9 Å². The predicted molar refractivity (Wildman–Crippen MR) is 129 cm³/mol. The predicted octanol–water partition coefficient (Wildman–Crippen LogP) is 3.60. The van der Waals surface area contributed by atoms with Crippen LogP contribution >= 0.6 is 0 Å². The first kappa shape index (κ1) is 23.0. The number of furan rings is 1. The van der Waals surface area contributed by atoms with E-state index in [-0.39, 0.29) is 25.5 Å². The lowest BCUT2D eigenvalue weighted by molar-refractivity contribution is -0.137. The lowest BCUT2D eigenvalue weighted by atomic mass is 10.1. The quantitative estimate of drug-likeness (QED) is 0.411. The van der Waals surface area contributed by atoms with Gasteiger partial charge in [-0.2, -0.15) is 4.98 Å². The third-order valence-corrected chi connectivity index (χ3v) is 5.77. The summed E-state index contributed by atoms with van der Waals surface area (Å²) in [5, 5.41) is 13.0. The lowest BCUT2D eigenvalue weighted by Crippen LogP contribution is -2.43. The summed E-state index contributed by atoms with van der Waals surface area (Å²) in [4.78, 5) is 40.9. The Labute approximate surface area is 195 Å². The fourth-order valence-corrected chi connectivity index (χ4v) is 3.86. The van der Waals surface area contributed by atoms with E-state index in [1.54, 1.807) is 6.07 Å². The molecule has 2 N–H and O–H groups in total. The number of benzene rings is 2. The zero-order valence-electron chi connectivity index (χ0n) is 19.3. The Balaban J connectivity index is 1.78. The van der Waals surface area contributed by atoms with Crippen molar-refractivity contribution in [2.75, 3.05) is 5.32 Å². The van der Waals surface area contributed by atoms with Crippen LogP contribution in [0.4, 0.5) is 11.6 Å². The zero-order valence-corrected chi connectivity index (χ0v) is 19.3. The van der Waals surface area contributed by atoms with E-state index in [2.05, 4.69) is 10.3 Å². The van der Waals surface area contributed by atoms with Crippen molar-refractivity contribution in [1.29, 1.82) is 0 Å². The van der Waals surface area contributed by atoms with Crippen LogP contribution in [0.2, 0.25) is 0 Å². The fraction of sp³-hybridized carbons (Fsp3) is 0.280. The maximum Gasteiger partial charge on any atom is 0.354 e. The highest BCUT2D eigenvalue weighted by Crippen LogP contribution is 2.29. The molecule has 0 saturated heterocycles. The number of nitrogens with zero attached hydrogens (tertiary/aromatic N) is 3. The van der Waals surface area contributed by atoms with Crippen LogP contribution in [0, 0.1) is 13.8 Å². The number of nitrogens with one attached hydrogen (secondary N) is 1. The van der Waals surface area contributed by atoms with Crippen LogP contribution in [0.15, 0.2) is 56.5 Å². The topological polar surface area (TPSA) is 119 Å². The van der Waals surface area contributed by atoms with Crippen LogP contribution in [0.1, 0.15) is 35.8 Å². The summed E-state index contributed by atoms with van der Waals surface area (Å²) in [5.74, 6) is -0.116. The van der Waals surface area contributed by atoms with Crippen molar-refractivity contribution in [1.82, 2.24) is 14.1 Å². The highest BCUT2D eigenvalue weighted by atomic mass is 16.4. The monoisotopic (exact) mass is 462 g/mol. The first-order chi connectivity index (χ1) is 16.3. The normalized spacial score (nSPS) is 11.1. The molecule has 0 spiro atoms. The number of aromatic nitrogens is 3. The van der Waals surface area contributed by atoms with Crippen LogP contribution in [0.25, 0.3) is 11.0 Å². The first-order valence-corrected chi connectivity index (χ1v) is 11.0. The van der Waals surface area contributed by atoms with Gasteiger partial charge in [0.15, 0.2) is 0 Å². The minimum atomic E-state index is -1.10. The van der Waals surface area contributed by atoms with Gasteiger partial charge in [-0.05, 0) is 43.2 Å². The summed E-state index contributed by atoms with van der Waals surface area (Å²) in [7, 11) is 0. The summed E-state index contributed by atoms with van der Waals surface area (Å²) in [6.07, 6.45) is 0.416. The molecule has 4 rings (SSSR count). The SMILES string of the molecule is CCc1oc2ccc(Nc3nc(=O)n(CCC(=O)O)c(=O)n3Cc3ccc(C)cc3)cc2c1C. The fourth-order valence-electron chi connectivity index (χ4n) is 3.86. The number of aliphatic carboxylic acids is 1. The maximum absolute atomic E-state index is 13.2. The van der Waals surface area contributed by atoms with Gasteiger partial charge >= 0.3 is 17.3 Å². The molecule has 0 bridgehead atoms. The molecule has 9 nitrogen and oxygen atoms in total. The zero-order chi connectivity index (χ0) is 24.4. The molecular formula is C25H26N4O5. The summed E-state index contributed by atoms with van der Waals surface area (Å²) in [6.45, 7) is 5.89. The van der Waals surface area contributed by atoms with Gasteiger partial charge in [0.1, 0.15) is 11.3 Å². The Morgan fingerprint density at radius 3 is 2.50 bits per heavy atom. The molecular weight excluding hydrogens is 436 g/mol. The van der Waals surface area contributed by atoms with Gasteiger partial charge in [-0.1, -0.05) is 36.8 Å². The Kier molecular flexibility index (Phi) is 6.36. The number of fused-ring (bicyclic) bond motifs is 1. The molecule has 0 saturated carbocycles. The Bertz CT molecular complexity index is 1480. The minimum Gasteiger partial charge on any atom is -0.481 e. The summed E-state index contributed by atoms with van der Waals surface area (Å²) >= 11 is 0. The van der Waals surface area contributed by atoms with Crippen molar-refractivity contribution < 1.29 is 14.3 Å². The molecule has 0 aliphatic carbocycles. The molecule has 0 atom stereocenters. The van der Waals surface area contributed by atoms with E-state index < -0.39 is 17.3 Å². The van der Waals surface area contributed by atoms with Crippen LogP contribution in [0.5, 0.6) is 0 Å².